The van der Waals surface area contributed by atoms with E-state index < -0.39 is 0 Å². The van der Waals surface area contributed by atoms with Crippen LogP contribution in [0.3, 0.4) is 0 Å². The Morgan fingerprint density at radius 1 is 1.19 bits per heavy atom. The lowest BCUT2D eigenvalue weighted by atomic mass is 10.1. The van der Waals surface area contributed by atoms with Crippen molar-refractivity contribution in [3.8, 4) is 28.6 Å². The Morgan fingerprint density at radius 3 is 2.52 bits per heavy atom. The minimum atomic E-state index is 0.349. The van der Waals surface area contributed by atoms with Gasteiger partial charge in [0.25, 0.3) is 0 Å². The zero-order chi connectivity index (χ0) is 19.2. The largest absolute Gasteiger partial charge is 0.493 e. The molecule has 1 aromatic carbocycles. The van der Waals surface area contributed by atoms with Gasteiger partial charge >= 0.3 is 0 Å². The first-order valence-corrected chi connectivity index (χ1v) is 8.31. The van der Waals surface area contributed by atoms with Crippen LogP contribution in [-0.2, 0) is 0 Å². The van der Waals surface area contributed by atoms with E-state index in [0.29, 0.717) is 33.4 Å². The molecule has 2 heterocycles. The Kier molecular flexibility index (Phi) is 5.72. The fourth-order valence-electron chi connectivity index (χ4n) is 2.42. The monoisotopic (exact) mass is 386 g/mol. The third-order valence-electron chi connectivity index (χ3n) is 3.65. The van der Waals surface area contributed by atoms with E-state index in [9.17, 15) is 0 Å². The first-order valence-electron chi connectivity index (χ1n) is 7.90. The Morgan fingerprint density at radius 2 is 1.93 bits per heavy atom. The molecule has 0 radical (unpaired) electrons. The fourth-order valence-corrected chi connectivity index (χ4v) is 2.60. The first kappa shape index (κ1) is 18.5. The predicted molar refractivity (Wildman–Crippen MR) is 104 cm³/mol. The summed E-state index contributed by atoms with van der Waals surface area (Å²) in [7, 11) is 4.65. The van der Waals surface area contributed by atoms with Gasteiger partial charge in [0.05, 0.1) is 27.6 Å². The van der Waals surface area contributed by atoms with Crippen LogP contribution in [0.15, 0.2) is 46.1 Å². The van der Waals surface area contributed by atoms with Gasteiger partial charge in [-0.3, -0.25) is 0 Å². The molecule has 0 saturated carbocycles. The van der Waals surface area contributed by atoms with E-state index in [4.69, 9.17) is 30.8 Å². The van der Waals surface area contributed by atoms with Crippen molar-refractivity contribution in [1.29, 1.82) is 0 Å². The molecule has 0 spiro atoms. The number of aromatic nitrogens is 3. The number of ether oxygens (including phenoxy) is 3. The lowest BCUT2D eigenvalue weighted by molar-refractivity contribution is 0.324. The van der Waals surface area contributed by atoms with E-state index in [0.717, 1.165) is 5.76 Å². The quantitative estimate of drug-likeness (QED) is 0.491. The van der Waals surface area contributed by atoms with Gasteiger partial charge in [0, 0.05) is 11.8 Å². The van der Waals surface area contributed by atoms with Gasteiger partial charge < -0.3 is 18.6 Å². The van der Waals surface area contributed by atoms with Crippen LogP contribution < -0.4 is 14.2 Å². The molecule has 1 N–H and O–H groups in total. The Bertz CT molecular complexity index is 993. The molecule has 0 aliphatic rings. The maximum absolute atomic E-state index is 5.39. The van der Waals surface area contributed by atoms with Crippen molar-refractivity contribution in [2.45, 2.75) is 0 Å². The molecule has 0 fully saturated rings. The highest BCUT2D eigenvalue weighted by molar-refractivity contribution is 7.71. The van der Waals surface area contributed by atoms with Gasteiger partial charge in [-0.2, -0.15) is 14.9 Å². The smallest absolute Gasteiger partial charge is 0.216 e. The van der Waals surface area contributed by atoms with E-state index in [1.807, 2.05) is 12.1 Å². The molecule has 8 nitrogen and oxygen atoms in total. The summed E-state index contributed by atoms with van der Waals surface area (Å²) < 4.78 is 23.2. The SMILES string of the molecule is COc1cc(-c2n[nH]c(=S)n2N=CC=Cc2ccco2)cc(OC)c1OC. The number of nitrogens with zero attached hydrogens (tertiary/aromatic N) is 3. The third kappa shape index (κ3) is 3.93. The highest BCUT2D eigenvalue weighted by Crippen LogP contribution is 2.40. The second-order valence-corrected chi connectivity index (χ2v) is 5.60. The molecule has 27 heavy (non-hydrogen) atoms. The van der Waals surface area contributed by atoms with Crippen molar-refractivity contribution < 1.29 is 18.6 Å². The van der Waals surface area contributed by atoms with Crippen molar-refractivity contribution in [1.82, 2.24) is 14.9 Å². The van der Waals surface area contributed by atoms with Crippen molar-refractivity contribution in [2.75, 3.05) is 21.3 Å². The fraction of sp³-hybridized carbons (Fsp3) is 0.167. The highest BCUT2D eigenvalue weighted by Gasteiger charge is 2.17. The van der Waals surface area contributed by atoms with E-state index in [1.165, 1.54) is 4.68 Å². The average molecular weight is 386 g/mol. The van der Waals surface area contributed by atoms with E-state index in [1.54, 1.807) is 58.1 Å². The summed E-state index contributed by atoms with van der Waals surface area (Å²) in [6.45, 7) is 0. The number of allylic oxidation sites excluding steroid dienone is 1. The second-order valence-electron chi connectivity index (χ2n) is 5.22. The predicted octanol–water partition coefficient (Wildman–Crippen LogP) is 3.77. The molecule has 0 unspecified atom stereocenters. The van der Waals surface area contributed by atoms with Gasteiger partial charge in [-0.1, -0.05) is 0 Å². The lowest BCUT2D eigenvalue weighted by Gasteiger charge is -2.13. The standard InChI is InChI=1S/C18H18N4O4S/c1-23-14-10-12(11-15(24-2)16(14)25-3)17-20-21-18(27)22(17)19-8-4-6-13-7-5-9-26-13/h4-11H,1-3H3,(H,21,27). The van der Waals surface area contributed by atoms with Crippen LogP contribution in [0.2, 0.25) is 0 Å². The molecule has 9 heteroatoms. The number of nitrogens with one attached hydrogen (secondary N) is 1. The summed E-state index contributed by atoms with van der Waals surface area (Å²) in [4.78, 5) is 0. The van der Waals surface area contributed by atoms with Crippen molar-refractivity contribution >= 4 is 24.5 Å². The summed E-state index contributed by atoms with van der Waals surface area (Å²) in [5.41, 5.74) is 0.698. The summed E-state index contributed by atoms with van der Waals surface area (Å²) in [5.74, 6) is 2.74. The molecule has 0 aliphatic carbocycles. The number of hydrogen-bond donors (Lipinski definition) is 1. The van der Waals surface area contributed by atoms with Crippen LogP contribution in [0.1, 0.15) is 5.76 Å². The molecule has 0 bridgehead atoms. The van der Waals surface area contributed by atoms with Gasteiger partial charge in [0.1, 0.15) is 5.76 Å². The van der Waals surface area contributed by atoms with E-state index in [2.05, 4.69) is 15.3 Å². The molecule has 140 valence electrons. The lowest BCUT2D eigenvalue weighted by Crippen LogP contribution is -1.98. The number of aromatic amines is 1. The normalized spacial score (nSPS) is 11.4. The molecule has 0 saturated heterocycles. The molecule has 2 aromatic heterocycles. The van der Waals surface area contributed by atoms with Gasteiger partial charge in [0.2, 0.25) is 10.5 Å². The Labute approximate surface area is 160 Å². The molecule has 3 aromatic rings. The minimum absolute atomic E-state index is 0.349. The van der Waals surface area contributed by atoms with Crippen LogP contribution in [0.25, 0.3) is 17.5 Å². The Hall–Kier alpha value is -3.33. The van der Waals surface area contributed by atoms with Crippen LogP contribution in [0.5, 0.6) is 17.2 Å². The molecular weight excluding hydrogens is 368 g/mol. The van der Waals surface area contributed by atoms with Crippen LogP contribution in [-0.4, -0.2) is 42.4 Å². The van der Waals surface area contributed by atoms with Crippen LogP contribution in [0, 0.1) is 4.77 Å². The molecular formula is C18H18N4O4S. The summed E-state index contributed by atoms with van der Waals surface area (Å²) in [6, 6.07) is 7.20. The highest BCUT2D eigenvalue weighted by atomic mass is 32.1. The maximum Gasteiger partial charge on any atom is 0.216 e. The van der Waals surface area contributed by atoms with Crippen molar-refractivity contribution in [3.63, 3.8) is 0 Å². The van der Waals surface area contributed by atoms with Crippen molar-refractivity contribution in [2.24, 2.45) is 5.10 Å². The minimum Gasteiger partial charge on any atom is -0.493 e. The van der Waals surface area contributed by atoms with Gasteiger partial charge in [-0.15, -0.1) is 0 Å². The number of hydrogen-bond acceptors (Lipinski definition) is 7. The van der Waals surface area contributed by atoms with Gasteiger partial charge in [-0.25, -0.2) is 5.10 Å². The van der Waals surface area contributed by atoms with Crippen molar-refractivity contribution in [3.05, 3.63) is 47.1 Å². The summed E-state index contributed by atoms with van der Waals surface area (Å²) >= 11 is 5.27. The summed E-state index contributed by atoms with van der Waals surface area (Å²) in [5, 5.41) is 11.3. The number of benzene rings is 1. The Balaban J connectivity index is 1.98. The first-order chi connectivity index (χ1) is 13.2. The second kappa shape index (κ2) is 8.37. The maximum atomic E-state index is 5.39. The van der Waals surface area contributed by atoms with Crippen LogP contribution >= 0.6 is 12.2 Å². The molecule has 3 rings (SSSR count). The van der Waals surface area contributed by atoms with Crippen LogP contribution in [0.4, 0.5) is 0 Å². The third-order valence-corrected chi connectivity index (χ3v) is 3.91. The number of rotatable bonds is 7. The molecule has 0 atom stereocenters. The number of methoxy groups -OCH3 is 3. The zero-order valence-corrected chi connectivity index (χ0v) is 15.8. The van der Waals surface area contributed by atoms with Gasteiger partial charge in [0.15, 0.2) is 17.3 Å². The van der Waals surface area contributed by atoms with E-state index in [-0.39, 0.29) is 0 Å². The van der Waals surface area contributed by atoms with Gasteiger partial charge in [-0.05, 0) is 48.6 Å². The molecule has 0 aliphatic heterocycles. The molecule has 0 amide bonds. The number of furan rings is 1. The topological polar surface area (TPSA) is 86.8 Å². The zero-order valence-electron chi connectivity index (χ0n) is 15.0. The average Bonchev–Trinajstić information content (AvgIpc) is 3.34. The number of H-pyrrole nitrogens is 1. The summed E-state index contributed by atoms with van der Waals surface area (Å²) in [6.07, 6.45) is 6.72. The van der Waals surface area contributed by atoms with E-state index >= 15 is 0 Å².